The second-order valence-corrected chi connectivity index (χ2v) is 8.36. The number of carbonyl (C=O) groups is 2. The lowest BCUT2D eigenvalue weighted by molar-refractivity contribution is -0.123. The predicted molar refractivity (Wildman–Crippen MR) is 122 cm³/mol. The molecule has 0 aromatic heterocycles. The monoisotopic (exact) mass is 423 g/mol. The Bertz CT molecular complexity index is 844. The molecule has 166 valence electrons. The Labute approximate surface area is 185 Å². The van der Waals surface area contributed by atoms with Gasteiger partial charge in [0.25, 0.3) is 5.91 Å². The lowest BCUT2D eigenvalue weighted by Gasteiger charge is -2.34. The number of nitrogens with zero attached hydrogens (tertiary/aromatic N) is 1. The number of benzene rings is 2. The van der Waals surface area contributed by atoms with Crippen LogP contribution in [-0.4, -0.2) is 49.5 Å². The summed E-state index contributed by atoms with van der Waals surface area (Å²) < 4.78 is 5.15. The molecule has 2 aromatic carbocycles. The van der Waals surface area contributed by atoms with Crippen LogP contribution >= 0.6 is 0 Å². The van der Waals surface area contributed by atoms with Crippen LogP contribution in [0.25, 0.3) is 0 Å². The van der Waals surface area contributed by atoms with E-state index in [0.29, 0.717) is 29.8 Å². The molecule has 6 heteroatoms. The molecule has 1 saturated heterocycles. The molecular weight excluding hydrogens is 390 g/mol. The third kappa shape index (κ3) is 6.31. The Balaban J connectivity index is 1.63. The number of nitrogens with one attached hydrogen (secondary N) is 2. The van der Waals surface area contributed by atoms with E-state index in [1.807, 2.05) is 30.3 Å². The van der Waals surface area contributed by atoms with Crippen LogP contribution in [0.4, 0.5) is 0 Å². The molecule has 1 atom stereocenters. The lowest BCUT2D eigenvalue weighted by atomic mass is 9.95. The minimum absolute atomic E-state index is 0.181. The summed E-state index contributed by atoms with van der Waals surface area (Å²) in [6.07, 6.45) is 2.15. The van der Waals surface area contributed by atoms with Crippen molar-refractivity contribution < 1.29 is 14.3 Å². The van der Waals surface area contributed by atoms with Crippen LogP contribution in [0, 0.1) is 5.92 Å². The van der Waals surface area contributed by atoms with Gasteiger partial charge in [-0.15, -0.1) is 0 Å². The fourth-order valence-electron chi connectivity index (χ4n) is 3.92. The first-order valence-corrected chi connectivity index (χ1v) is 11.0. The van der Waals surface area contributed by atoms with Gasteiger partial charge in [-0.05, 0) is 75.5 Å². The zero-order valence-electron chi connectivity index (χ0n) is 18.6. The summed E-state index contributed by atoms with van der Waals surface area (Å²) in [6, 6.07) is 16.0. The number of hydrogen-bond acceptors (Lipinski definition) is 4. The summed E-state index contributed by atoms with van der Waals surface area (Å²) in [5.41, 5.74) is 1.24. The Morgan fingerprint density at radius 1 is 1.03 bits per heavy atom. The molecule has 1 aliphatic rings. The van der Waals surface area contributed by atoms with E-state index >= 15 is 0 Å². The van der Waals surface area contributed by atoms with Crippen LogP contribution in [-0.2, 0) is 4.79 Å². The number of piperidine rings is 1. The van der Waals surface area contributed by atoms with Gasteiger partial charge in [0.05, 0.1) is 7.11 Å². The van der Waals surface area contributed by atoms with Gasteiger partial charge in [-0.1, -0.05) is 30.3 Å². The second kappa shape index (κ2) is 11.0. The maximum Gasteiger partial charge on any atom is 0.252 e. The Hall–Kier alpha value is -2.86. The van der Waals surface area contributed by atoms with E-state index in [1.165, 1.54) is 0 Å². The van der Waals surface area contributed by atoms with Crippen molar-refractivity contribution in [3.05, 3.63) is 65.7 Å². The highest BCUT2D eigenvalue weighted by atomic mass is 16.5. The molecule has 1 unspecified atom stereocenters. The average molecular weight is 424 g/mol. The number of amides is 2. The quantitative estimate of drug-likeness (QED) is 0.683. The minimum Gasteiger partial charge on any atom is -0.497 e. The zero-order valence-corrected chi connectivity index (χ0v) is 18.6. The van der Waals surface area contributed by atoms with Gasteiger partial charge >= 0.3 is 0 Å². The molecule has 1 aliphatic heterocycles. The van der Waals surface area contributed by atoms with Gasteiger partial charge in [-0.2, -0.15) is 0 Å². The molecule has 31 heavy (non-hydrogen) atoms. The van der Waals surface area contributed by atoms with Crippen LogP contribution < -0.4 is 15.4 Å². The number of ether oxygens (including phenoxy) is 1. The maximum absolute atomic E-state index is 13.1. The largest absolute Gasteiger partial charge is 0.497 e. The number of likely N-dealkylation sites (tertiary alicyclic amines) is 1. The molecule has 3 rings (SSSR count). The SMILES string of the molecule is COc1ccc(C(=O)NC(C(=O)NCC2CCN(C(C)C)CC2)c2ccccc2)cc1. The van der Waals surface area contributed by atoms with Crippen molar-refractivity contribution in [2.75, 3.05) is 26.7 Å². The Morgan fingerprint density at radius 3 is 2.26 bits per heavy atom. The molecule has 0 radical (unpaired) electrons. The Morgan fingerprint density at radius 2 is 1.68 bits per heavy atom. The van der Waals surface area contributed by atoms with Gasteiger partial charge < -0.3 is 20.3 Å². The highest BCUT2D eigenvalue weighted by Gasteiger charge is 2.26. The first-order valence-electron chi connectivity index (χ1n) is 11.0. The molecule has 1 fully saturated rings. The first kappa shape index (κ1) is 22.8. The zero-order chi connectivity index (χ0) is 22.2. The second-order valence-electron chi connectivity index (χ2n) is 8.36. The van der Waals surface area contributed by atoms with E-state index in [9.17, 15) is 9.59 Å². The standard InChI is InChI=1S/C25H33N3O3/c1-18(2)28-15-13-19(14-16-28)17-26-25(30)23(20-7-5-4-6-8-20)27-24(29)21-9-11-22(31-3)12-10-21/h4-12,18-19,23H,13-17H2,1-3H3,(H,26,30)(H,27,29). The summed E-state index contributed by atoms with van der Waals surface area (Å²) >= 11 is 0. The normalized spacial score (nSPS) is 16.0. The Kier molecular flexibility index (Phi) is 8.06. The highest BCUT2D eigenvalue weighted by molar-refractivity contribution is 5.98. The molecule has 2 amide bonds. The van der Waals surface area contributed by atoms with Crippen molar-refractivity contribution >= 4 is 11.8 Å². The van der Waals surface area contributed by atoms with Crippen molar-refractivity contribution in [1.29, 1.82) is 0 Å². The molecule has 1 heterocycles. The van der Waals surface area contributed by atoms with E-state index in [2.05, 4.69) is 29.4 Å². The molecular formula is C25H33N3O3. The van der Waals surface area contributed by atoms with Crippen molar-refractivity contribution in [1.82, 2.24) is 15.5 Å². The van der Waals surface area contributed by atoms with Gasteiger partial charge in [-0.3, -0.25) is 9.59 Å². The summed E-state index contributed by atoms with van der Waals surface area (Å²) in [5.74, 6) is 0.668. The molecule has 0 saturated carbocycles. The van der Waals surface area contributed by atoms with Crippen molar-refractivity contribution in [3.63, 3.8) is 0 Å². The summed E-state index contributed by atoms with van der Waals surface area (Å²) in [5, 5.41) is 5.97. The van der Waals surface area contributed by atoms with Crippen LogP contribution in [0.15, 0.2) is 54.6 Å². The van der Waals surface area contributed by atoms with Crippen molar-refractivity contribution in [2.45, 2.75) is 38.8 Å². The number of hydrogen-bond donors (Lipinski definition) is 2. The van der Waals surface area contributed by atoms with Gasteiger partial charge in [-0.25, -0.2) is 0 Å². The fraction of sp³-hybridized carbons (Fsp3) is 0.440. The van der Waals surface area contributed by atoms with Crippen LogP contribution in [0.2, 0.25) is 0 Å². The van der Waals surface area contributed by atoms with Gasteiger partial charge in [0.1, 0.15) is 11.8 Å². The highest BCUT2D eigenvalue weighted by Crippen LogP contribution is 2.20. The molecule has 0 bridgehead atoms. The number of rotatable bonds is 8. The first-order chi connectivity index (χ1) is 15.0. The van der Waals surface area contributed by atoms with Gasteiger partial charge in [0.2, 0.25) is 5.91 Å². The molecule has 2 aromatic rings. The van der Waals surface area contributed by atoms with Crippen LogP contribution in [0.5, 0.6) is 5.75 Å². The van der Waals surface area contributed by atoms with E-state index in [4.69, 9.17) is 4.74 Å². The average Bonchev–Trinajstić information content (AvgIpc) is 2.81. The molecule has 0 spiro atoms. The summed E-state index contributed by atoms with van der Waals surface area (Å²) in [7, 11) is 1.58. The van der Waals surface area contributed by atoms with Crippen LogP contribution in [0.1, 0.15) is 48.7 Å². The fourth-order valence-corrected chi connectivity index (χ4v) is 3.92. The summed E-state index contributed by atoms with van der Waals surface area (Å²) in [4.78, 5) is 28.3. The van der Waals surface area contributed by atoms with Crippen LogP contribution in [0.3, 0.4) is 0 Å². The summed E-state index contributed by atoms with van der Waals surface area (Å²) in [6.45, 7) is 7.20. The van der Waals surface area contributed by atoms with E-state index in [0.717, 1.165) is 31.5 Å². The van der Waals surface area contributed by atoms with E-state index < -0.39 is 6.04 Å². The third-order valence-electron chi connectivity index (χ3n) is 5.97. The lowest BCUT2D eigenvalue weighted by Crippen LogP contribution is -2.44. The maximum atomic E-state index is 13.1. The topological polar surface area (TPSA) is 70.7 Å². The smallest absolute Gasteiger partial charge is 0.252 e. The number of methoxy groups -OCH3 is 1. The van der Waals surface area contributed by atoms with E-state index in [-0.39, 0.29) is 11.8 Å². The van der Waals surface area contributed by atoms with Gasteiger partial charge in [0, 0.05) is 18.2 Å². The molecule has 2 N–H and O–H groups in total. The third-order valence-corrected chi connectivity index (χ3v) is 5.97. The van der Waals surface area contributed by atoms with Crippen molar-refractivity contribution in [2.24, 2.45) is 5.92 Å². The molecule has 0 aliphatic carbocycles. The van der Waals surface area contributed by atoms with Gasteiger partial charge in [0.15, 0.2) is 0 Å². The van der Waals surface area contributed by atoms with Crippen molar-refractivity contribution in [3.8, 4) is 5.75 Å². The predicted octanol–water partition coefficient (Wildman–Crippen LogP) is 3.40. The number of carbonyl (C=O) groups excluding carboxylic acids is 2. The minimum atomic E-state index is -0.744. The van der Waals surface area contributed by atoms with E-state index in [1.54, 1.807) is 31.4 Å². The molecule has 6 nitrogen and oxygen atoms in total.